The van der Waals surface area contributed by atoms with Crippen LogP contribution in [0.3, 0.4) is 0 Å². The SMILES string of the molecule is CCc1ccc(S(=O)(=O)N2CCN(C)C(=O)C2C)cc1. The molecule has 1 unspecified atom stereocenters. The van der Waals surface area contributed by atoms with Crippen LogP contribution in [0.2, 0.25) is 0 Å². The van der Waals surface area contributed by atoms with Gasteiger partial charge in [-0.2, -0.15) is 4.31 Å². The third kappa shape index (κ3) is 2.58. The van der Waals surface area contributed by atoms with E-state index in [0.29, 0.717) is 13.1 Å². The van der Waals surface area contributed by atoms with Crippen LogP contribution in [0.4, 0.5) is 0 Å². The molecule has 110 valence electrons. The molecule has 0 N–H and O–H groups in total. The second kappa shape index (κ2) is 5.54. The molecule has 20 heavy (non-hydrogen) atoms. The maximum Gasteiger partial charge on any atom is 0.243 e. The van der Waals surface area contributed by atoms with Crippen LogP contribution in [0.1, 0.15) is 19.4 Å². The van der Waals surface area contributed by atoms with Crippen LogP contribution in [0.5, 0.6) is 0 Å². The van der Waals surface area contributed by atoms with Crippen molar-refractivity contribution in [3.8, 4) is 0 Å². The van der Waals surface area contributed by atoms with Crippen molar-refractivity contribution in [3.63, 3.8) is 0 Å². The summed E-state index contributed by atoms with van der Waals surface area (Å²) in [4.78, 5) is 13.7. The Morgan fingerprint density at radius 3 is 2.35 bits per heavy atom. The first-order valence-corrected chi connectivity index (χ1v) is 8.17. The van der Waals surface area contributed by atoms with Gasteiger partial charge in [0.05, 0.1) is 4.90 Å². The van der Waals surface area contributed by atoms with Gasteiger partial charge in [0.2, 0.25) is 15.9 Å². The Morgan fingerprint density at radius 2 is 1.80 bits per heavy atom. The van der Waals surface area contributed by atoms with Crippen molar-refractivity contribution in [1.82, 2.24) is 9.21 Å². The van der Waals surface area contributed by atoms with Gasteiger partial charge >= 0.3 is 0 Å². The highest BCUT2D eigenvalue weighted by Crippen LogP contribution is 2.22. The fourth-order valence-corrected chi connectivity index (χ4v) is 3.93. The van der Waals surface area contributed by atoms with Crippen molar-refractivity contribution in [3.05, 3.63) is 29.8 Å². The number of sulfonamides is 1. The Labute approximate surface area is 120 Å². The van der Waals surface area contributed by atoms with Crippen molar-refractivity contribution in [2.24, 2.45) is 0 Å². The van der Waals surface area contributed by atoms with Gasteiger partial charge in [-0.05, 0) is 31.0 Å². The van der Waals surface area contributed by atoms with Gasteiger partial charge in [0, 0.05) is 20.1 Å². The van der Waals surface area contributed by atoms with Crippen molar-refractivity contribution in [2.75, 3.05) is 20.1 Å². The van der Waals surface area contributed by atoms with Crippen LogP contribution >= 0.6 is 0 Å². The van der Waals surface area contributed by atoms with E-state index in [-0.39, 0.29) is 10.8 Å². The van der Waals surface area contributed by atoms with Gasteiger partial charge in [0.1, 0.15) is 6.04 Å². The van der Waals surface area contributed by atoms with E-state index in [9.17, 15) is 13.2 Å². The zero-order valence-electron chi connectivity index (χ0n) is 12.0. The lowest BCUT2D eigenvalue weighted by Gasteiger charge is -2.36. The monoisotopic (exact) mass is 296 g/mol. The first-order valence-electron chi connectivity index (χ1n) is 6.73. The molecule has 0 spiro atoms. The lowest BCUT2D eigenvalue weighted by atomic mass is 10.2. The molecule has 1 fully saturated rings. The third-order valence-corrected chi connectivity index (χ3v) is 5.74. The van der Waals surface area contributed by atoms with Crippen LogP contribution in [-0.2, 0) is 21.2 Å². The van der Waals surface area contributed by atoms with Gasteiger partial charge in [-0.3, -0.25) is 4.79 Å². The summed E-state index contributed by atoms with van der Waals surface area (Å²) in [5.74, 6) is -0.162. The van der Waals surface area contributed by atoms with E-state index in [1.54, 1.807) is 31.0 Å². The number of piperazine rings is 1. The van der Waals surface area contributed by atoms with Gasteiger partial charge in [-0.1, -0.05) is 19.1 Å². The number of carbonyl (C=O) groups excluding carboxylic acids is 1. The molecule has 1 heterocycles. The van der Waals surface area contributed by atoms with Crippen LogP contribution in [0, 0.1) is 0 Å². The molecule has 0 aliphatic carbocycles. The molecule has 1 aromatic rings. The first-order chi connectivity index (χ1) is 9.37. The number of rotatable bonds is 3. The zero-order chi connectivity index (χ0) is 14.9. The minimum absolute atomic E-state index is 0.162. The van der Waals surface area contributed by atoms with Gasteiger partial charge in [-0.25, -0.2) is 8.42 Å². The smallest absolute Gasteiger partial charge is 0.243 e. The summed E-state index contributed by atoms with van der Waals surface area (Å²) in [5.41, 5.74) is 1.09. The molecular formula is C14H20N2O3S. The highest BCUT2D eigenvalue weighted by molar-refractivity contribution is 7.89. The molecule has 1 atom stereocenters. The lowest BCUT2D eigenvalue weighted by molar-refractivity contribution is -0.136. The fraction of sp³-hybridized carbons (Fsp3) is 0.500. The normalized spacial score (nSPS) is 21.2. The number of likely N-dealkylation sites (N-methyl/N-ethyl adjacent to an activating group) is 1. The van der Waals surface area contributed by atoms with Crippen molar-refractivity contribution >= 4 is 15.9 Å². The molecule has 5 nitrogen and oxygen atoms in total. The summed E-state index contributed by atoms with van der Waals surface area (Å²) in [7, 11) is -1.91. The molecule has 0 saturated carbocycles. The minimum atomic E-state index is -3.61. The van der Waals surface area contributed by atoms with E-state index >= 15 is 0 Å². The summed E-state index contributed by atoms with van der Waals surface area (Å²) < 4.78 is 26.5. The summed E-state index contributed by atoms with van der Waals surface area (Å²) >= 11 is 0. The molecule has 1 aliphatic heterocycles. The lowest BCUT2D eigenvalue weighted by Crippen LogP contribution is -2.56. The average molecular weight is 296 g/mol. The van der Waals surface area contributed by atoms with Crippen LogP contribution in [0.25, 0.3) is 0 Å². The number of hydrogen-bond acceptors (Lipinski definition) is 3. The second-order valence-electron chi connectivity index (χ2n) is 5.05. The number of hydrogen-bond donors (Lipinski definition) is 0. The summed E-state index contributed by atoms with van der Waals surface area (Å²) in [6.45, 7) is 4.41. The quantitative estimate of drug-likeness (QED) is 0.839. The molecule has 0 aromatic heterocycles. The van der Waals surface area contributed by atoms with Crippen molar-refractivity contribution in [1.29, 1.82) is 0 Å². The topological polar surface area (TPSA) is 57.7 Å². The maximum atomic E-state index is 12.6. The highest BCUT2D eigenvalue weighted by Gasteiger charge is 2.37. The van der Waals surface area contributed by atoms with Crippen LogP contribution < -0.4 is 0 Å². The van der Waals surface area contributed by atoms with E-state index in [4.69, 9.17) is 0 Å². The number of aryl methyl sites for hydroxylation is 1. The average Bonchev–Trinajstić information content (AvgIpc) is 2.44. The summed E-state index contributed by atoms with van der Waals surface area (Å²) in [5, 5.41) is 0. The van der Waals surface area contributed by atoms with Crippen LogP contribution in [-0.4, -0.2) is 49.7 Å². The van der Waals surface area contributed by atoms with Crippen LogP contribution in [0.15, 0.2) is 29.2 Å². The van der Waals surface area contributed by atoms with Crippen molar-refractivity contribution < 1.29 is 13.2 Å². The van der Waals surface area contributed by atoms with E-state index < -0.39 is 16.1 Å². The Balaban J connectivity index is 2.32. The molecule has 0 radical (unpaired) electrons. The predicted octanol–water partition coefficient (Wildman–Crippen LogP) is 1.10. The first kappa shape index (κ1) is 15.0. The highest BCUT2D eigenvalue weighted by atomic mass is 32.2. The number of nitrogens with zero attached hydrogens (tertiary/aromatic N) is 2. The largest absolute Gasteiger partial charge is 0.343 e. The standard InChI is InChI=1S/C14H20N2O3S/c1-4-12-5-7-13(8-6-12)20(18,19)16-10-9-15(3)14(17)11(16)2/h5-8,11H,4,9-10H2,1-3H3. The fourth-order valence-electron chi connectivity index (χ4n) is 2.36. The predicted molar refractivity (Wildman–Crippen MR) is 76.8 cm³/mol. The van der Waals surface area contributed by atoms with E-state index in [0.717, 1.165) is 12.0 Å². The zero-order valence-corrected chi connectivity index (χ0v) is 12.9. The summed E-state index contributed by atoms with van der Waals surface area (Å²) in [6.07, 6.45) is 0.865. The molecule has 0 bridgehead atoms. The van der Waals surface area contributed by atoms with Crippen molar-refractivity contribution in [2.45, 2.75) is 31.2 Å². The molecule has 1 aromatic carbocycles. The molecule has 1 amide bonds. The number of amides is 1. The van der Waals surface area contributed by atoms with Gasteiger partial charge in [0.15, 0.2) is 0 Å². The summed E-state index contributed by atoms with van der Waals surface area (Å²) in [6, 6.07) is 6.21. The Bertz CT molecular complexity index is 595. The maximum absolute atomic E-state index is 12.6. The molecule has 1 saturated heterocycles. The molecule has 1 aliphatic rings. The van der Waals surface area contributed by atoms with E-state index in [1.807, 2.05) is 19.1 Å². The van der Waals surface area contributed by atoms with Gasteiger partial charge in [-0.15, -0.1) is 0 Å². The third-order valence-electron chi connectivity index (χ3n) is 3.76. The van der Waals surface area contributed by atoms with Gasteiger partial charge in [0.25, 0.3) is 0 Å². The Morgan fingerprint density at radius 1 is 1.20 bits per heavy atom. The molecule has 6 heteroatoms. The minimum Gasteiger partial charge on any atom is -0.343 e. The number of benzene rings is 1. The number of carbonyl (C=O) groups is 1. The second-order valence-corrected chi connectivity index (χ2v) is 6.94. The Kier molecular flexibility index (Phi) is 4.15. The Hall–Kier alpha value is -1.40. The van der Waals surface area contributed by atoms with E-state index in [1.165, 1.54) is 4.31 Å². The van der Waals surface area contributed by atoms with E-state index in [2.05, 4.69) is 0 Å². The molecule has 2 rings (SSSR count). The molecular weight excluding hydrogens is 276 g/mol. The van der Waals surface area contributed by atoms with Gasteiger partial charge < -0.3 is 4.90 Å².